The second-order valence-electron chi connectivity index (χ2n) is 5.17. The number of thiophene rings is 1. The van der Waals surface area contributed by atoms with Crippen molar-refractivity contribution in [2.45, 2.75) is 25.8 Å². The van der Waals surface area contributed by atoms with Gasteiger partial charge in [0, 0.05) is 11.9 Å². The van der Waals surface area contributed by atoms with Crippen molar-refractivity contribution in [3.63, 3.8) is 0 Å². The first-order valence-corrected chi connectivity index (χ1v) is 7.88. The number of amides is 2. The molecule has 0 fully saturated rings. The summed E-state index contributed by atoms with van der Waals surface area (Å²) in [7, 11) is 1.49. The van der Waals surface area contributed by atoms with Crippen LogP contribution in [-0.4, -0.2) is 35.0 Å². The molecule has 0 bridgehead atoms. The average molecular weight is 320 g/mol. The molecule has 0 saturated carbocycles. The Morgan fingerprint density at radius 3 is 2.95 bits per heavy atom. The van der Waals surface area contributed by atoms with Gasteiger partial charge < -0.3 is 10.6 Å². The molecule has 0 unspecified atom stereocenters. The lowest BCUT2D eigenvalue weighted by atomic mass is 10.2. The normalized spacial score (nSPS) is 13.1. The third-order valence-corrected chi connectivity index (χ3v) is 4.93. The van der Waals surface area contributed by atoms with Crippen LogP contribution in [0.1, 0.15) is 16.9 Å². The molecule has 2 aromatic rings. The van der Waals surface area contributed by atoms with E-state index in [1.165, 1.54) is 22.8 Å². The summed E-state index contributed by atoms with van der Waals surface area (Å²) in [4.78, 5) is 41.7. The first-order chi connectivity index (χ1) is 10.6. The van der Waals surface area contributed by atoms with Crippen molar-refractivity contribution >= 4 is 33.4 Å². The van der Waals surface area contributed by atoms with Crippen molar-refractivity contribution in [3.8, 4) is 0 Å². The summed E-state index contributed by atoms with van der Waals surface area (Å²) in [5.41, 5.74) is 0.914. The molecule has 1 aliphatic rings. The molecule has 8 heteroatoms. The number of rotatable bonds is 4. The number of hydrogen-bond acceptors (Lipinski definition) is 5. The fourth-order valence-corrected chi connectivity index (χ4v) is 3.83. The Hall–Kier alpha value is -2.22. The van der Waals surface area contributed by atoms with Crippen LogP contribution in [0.3, 0.4) is 0 Å². The van der Waals surface area contributed by atoms with Gasteiger partial charge in [-0.2, -0.15) is 0 Å². The van der Waals surface area contributed by atoms with E-state index in [1.54, 1.807) is 11.3 Å². The van der Waals surface area contributed by atoms with E-state index in [0.717, 1.165) is 29.7 Å². The van der Waals surface area contributed by atoms with Gasteiger partial charge in [0.05, 0.1) is 18.3 Å². The van der Waals surface area contributed by atoms with Gasteiger partial charge in [-0.3, -0.25) is 19.0 Å². The van der Waals surface area contributed by atoms with Crippen LogP contribution in [0.4, 0.5) is 0 Å². The highest BCUT2D eigenvalue weighted by Crippen LogP contribution is 2.34. The van der Waals surface area contributed by atoms with E-state index >= 15 is 0 Å². The molecule has 2 N–H and O–H groups in total. The minimum absolute atomic E-state index is 0.104. The number of nitrogens with one attached hydrogen (secondary N) is 2. The van der Waals surface area contributed by atoms with Gasteiger partial charge in [0.1, 0.15) is 11.4 Å². The van der Waals surface area contributed by atoms with Crippen molar-refractivity contribution in [1.29, 1.82) is 0 Å². The lowest BCUT2D eigenvalue weighted by molar-refractivity contribution is -0.126. The highest BCUT2D eigenvalue weighted by atomic mass is 32.1. The van der Waals surface area contributed by atoms with Gasteiger partial charge in [0.25, 0.3) is 5.56 Å². The minimum Gasteiger partial charge on any atom is -0.358 e. The van der Waals surface area contributed by atoms with E-state index in [-0.39, 0.29) is 24.6 Å². The van der Waals surface area contributed by atoms with E-state index in [2.05, 4.69) is 15.6 Å². The van der Waals surface area contributed by atoms with Crippen LogP contribution in [0.15, 0.2) is 11.1 Å². The van der Waals surface area contributed by atoms with Crippen molar-refractivity contribution in [2.75, 3.05) is 13.6 Å². The minimum atomic E-state index is -0.390. The maximum Gasteiger partial charge on any atom is 0.262 e. The number of aryl methyl sites for hydroxylation is 2. The van der Waals surface area contributed by atoms with E-state index < -0.39 is 5.91 Å². The zero-order valence-electron chi connectivity index (χ0n) is 12.1. The van der Waals surface area contributed by atoms with Crippen LogP contribution >= 0.6 is 11.3 Å². The van der Waals surface area contributed by atoms with E-state index in [9.17, 15) is 14.4 Å². The van der Waals surface area contributed by atoms with Gasteiger partial charge >= 0.3 is 0 Å². The monoisotopic (exact) mass is 320 g/mol. The molecule has 2 aromatic heterocycles. The van der Waals surface area contributed by atoms with Crippen LogP contribution in [0.25, 0.3) is 10.2 Å². The van der Waals surface area contributed by atoms with Crippen LogP contribution in [0.2, 0.25) is 0 Å². The number of aromatic nitrogens is 2. The molecule has 2 heterocycles. The second kappa shape index (κ2) is 5.88. The Morgan fingerprint density at radius 1 is 1.36 bits per heavy atom. The van der Waals surface area contributed by atoms with Gasteiger partial charge in [-0.1, -0.05) is 0 Å². The average Bonchev–Trinajstić information content (AvgIpc) is 3.08. The van der Waals surface area contributed by atoms with Crippen molar-refractivity contribution in [2.24, 2.45) is 0 Å². The van der Waals surface area contributed by atoms with Crippen molar-refractivity contribution in [1.82, 2.24) is 20.2 Å². The number of carbonyl (C=O) groups excluding carboxylic acids is 2. The van der Waals surface area contributed by atoms with Gasteiger partial charge in [-0.25, -0.2) is 4.98 Å². The smallest absolute Gasteiger partial charge is 0.262 e. The number of likely N-dealkylation sites (N-methyl/N-ethyl adjacent to an activating group) is 1. The van der Waals surface area contributed by atoms with Crippen LogP contribution < -0.4 is 16.2 Å². The topological polar surface area (TPSA) is 93.1 Å². The molecule has 0 radical (unpaired) electrons. The zero-order chi connectivity index (χ0) is 15.7. The maximum absolute atomic E-state index is 12.5. The quantitative estimate of drug-likeness (QED) is 0.816. The second-order valence-corrected chi connectivity index (χ2v) is 6.25. The predicted octanol–water partition coefficient (Wildman–Crippen LogP) is -0.191. The highest BCUT2D eigenvalue weighted by molar-refractivity contribution is 7.18. The molecular formula is C14H16N4O3S. The number of carbonyl (C=O) groups is 2. The van der Waals surface area contributed by atoms with Crippen LogP contribution in [0, 0.1) is 0 Å². The molecule has 3 rings (SSSR count). The van der Waals surface area contributed by atoms with Crippen LogP contribution in [0.5, 0.6) is 0 Å². The third-order valence-electron chi connectivity index (χ3n) is 3.73. The third kappa shape index (κ3) is 2.61. The summed E-state index contributed by atoms with van der Waals surface area (Å²) in [5.74, 6) is -0.677. The van der Waals surface area contributed by atoms with E-state index in [1.807, 2.05) is 0 Å². The number of fused-ring (bicyclic) bond motifs is 3. The van der Waals surface area contributed by atoms with Crippen LogP contribution in [-0.2, 0) is 29.0 Å². The molecule has 0 saturated heterocycles. The Bertz CT molecular complexity index is 808. The SMILES string of the molecule is CNC(=O)CNC(=O)Cn1cnc2sc3c(c2c1=O)CCC3. The Kier molecular flexibility index (Phi) is 3.93. The van der Waals surface area contributed by atoms with Crippen molar-refractivity contribution in [3.05, 3.63) is 27.1 Å². The van der Waals surface area contributed by atoms with Gasteiger partial charge in [-0.15, -0.1) is 11.3 Å². The summed E-state index contributed by atoms with van der Waals surface area (Å²) in [6.45, 7) is -0.239. The number of nitrogens with zero attached hydrogens (tertiary/aromatic N) is 2. The molecule has 7 nitrogen and oxygen atoms in total. The fourth-order valence-electron chi connectivity index (χ4n) is 2.61. The molecule has 0 aliphatic heterocycles. The molecule has 0 spiro atoms. The predicted molar refractivity (Wildman–Crippen MR) is 83.0 cm³/mol. The summed E-state index contributed by atoms with van der Waals surface area (Å²) in [6, 6.07) is 0. The first-order valence-electron chi connectivity index (χ1n) is 7.07. The van der Waals surface area contributed by atoms with E-state index in [4.69, 9.17) is 0 Å². The van der Waals surface area contributed by atoms with Crippen molar-refractivity contribution < 1.29 is 9.59 Å². The Morgan fingerprint density at radius 2 is 2.18 bits per heavy atom. The largest absolute Gasteiger partial charge is 0.358 e. The summed E-state index contributed by atoms with van der Waals surface area (Å²) in [5, 5.41) is 5.53. The molecule has 2 amide bonds. The molecule has 0 aromatic carbocycles. The Labute approximate surface area is 130 Å². The van der Waals surface area contributed by atoms with Gasteiger partial charge in [0.2, 0.25) is 11.8 Å². The molecule has 1 aliphatic carbocycles. The molecule has 0 atom stereocenters. The van der Waals surface area contributed by atoms with Gasteiger partial charge in [-0.05, 0) is 24.8 Å². The fraction of sp³-hybridized carbons (Fsp3) is 0.429. The van der Waals surface area contributed by atoms with E-state index in [0.29, 0.717) is 5.39 Å². The highest BCUT2D eigenvalue weighted by Gasteiger charge is 2.21. The summed E-state index contributed by atoms with van der Waals surface area (Å²) >= 11 is 1.57. The van der Waals surface area contributed by atoms with Gasteiger partial charge in [0.15, 0.2) is 0 Å². The zero-order valence-corrected chi connectivity index (χ0v) is 13.0. The number of hydrogen-bond donors (Lipinski definition) is 2. The summed E-state index contributed by atoms with van der Waals surface area (Å²) in [6.07, 6.45) is 4.37. The molecular weight excluding hydrogens is 304 g/mol. The lowest BCUT2D eigenvalue weighted by Crippen LogP contribution is -2.38. The molecule has 22 heavy (non-hydrogen) atoms. The standard InChI is InChI=1S/C14H16N4O3S/c1-15-10(19)5-16-11(20)6-18-7-17-13-12(14(18)21)8-3-2-4-9(8)22-13/h7H,2-6H2,1H3,(H,15,19)(H,16,20). The lowest BCUT2D eigenvalue weighted by Gasteiger charge is -2.07. The molecule has 116 valence electrons. The Balaban J connectivity index is 1.83. The summed E-state index contributed by atoms with van der Waals surface area (Å²) < 4.78 is 1.30. The first kappa shape index (κ1) is 14.7. The maximum atomic E-state index is 12.5.